The highest BCUT2D eigenvalue weighted by molar-refractivity contribution is 7.93. The van der Waals surface area contributed by atoms with Crippen LogP contribution in [0, 0.1) is 0 Å². The Morgan fingerprint density at radius 1 is 1.10 bits per heavy atom. The SMILES string of the molecule is CC(C)(C)N1CCC(S(=O)(=O)Nc2ccccc2)CC1. The Morgan fingerprint density at radius 3 is 2.15 bits per heavy atom. The van der Waals surface area contributed by atoms with E-state index in [0.717, 1.165) is 13.1 Å². The van der Waals surface area contributed by atoms with E-state index in [-0.39, 0.29) is 10.8 Å². The first-order valence-corrected chi connectivity index (χ1v) is 8.65. The summed E-state index contributed by atoms with van der Waals surface area (Å²) in [6, 6.07) is 9.10. The average molecular weight is 296 g/mol. The van der Waals surface area contributed by atoms with E-state index in [0.29, 0.717) is 18.5 Å². The van der Waals surface area contributed by atoms with Crippen molar-refractivity contribution in [3.63, 3.8) is 0 Å². The fourth-order valence-electron chi connectivity index (χ4n) is 2.59. The molecule has 0 aliphatic carbocycles. The smallest absolute Gasteiger partial charge is 0.235 e. The molecule has 0 aromatic heterocycles. The maximum atomic E-state index is 12.4. The normalized spacial score (nSPS) is 18.9. The predicted octanol–water partition coefficient (Wildman–Crippen LogP) is 2.69. The van der Waals surface area contributed by atoms with Crippen molar-refractivity contribution in [1.82, 2.24) is 4.90 Å². The molecule has 1 aromatic carbocycles. The molecule has 4 nitrogen and oxygen atoms in total. The van der Waals surface area contributed by atoms with Gasteiger partial charge < -0.3 is 0 Å². The van der Waals surface area contributed by atoms with E-state index < -0.39 is 10.0 Å². The topological polar surface area (TPSA) is 49.4 Å². The second-order valence-corrected chi connectivity index (χ2v) is 8.33. The molecule has 0 bridgehead atoms. The van der Waals surface area contributed by atoms with Crippen molar-refractivity contribution in [2.24, 2.45) is 0 Å². The molecule has 0 atom stereocenters. The summed E-state index contributed by atoms with van der Waals surface area (Å²) >= 11 is 0. The third-order valence-electron chi connectivity index (χ3n) is 3.86. The van der Waals surface area contributed by atoms with Gasteiger partial charge in [0.2, 0.25) is 10.0 Å². The van der Waals surface area contributed by atoms with Gasteiger partial charge in [0.05, 0.1) is 5.25 Å². The number of hydrogen-bond acceptors (Lipinski definition) is 3. The molecule has 2 rings (SSSR count). The van der Waals surface area contributed by atoms with Gasteiger partial charge in [0.15, 0.2) is 0 Å². The van der Waals surface area contributed by atoms with Crippen LogP contribution in [0.15, 0.2) is 30.3 Å². The van der Waals surface area contributed by atoms with Gasteiger partial charge in [0.25, 0.3) is 0 Å². The lowest BCUT2D eigenvalue weighted by Gasteiger charge is -2.40. The Balaban J connectivity index is 1.99. The second-order valence-electron chi connectivity index (χ2n) is 6.37. The number of nitrogens with one attached hydrogen (secondary N) is 1. The molecule has 1 aromatic rings. The highest BCUT2D eigenvalue weighted by Gasteiger charge is 2.33. The van der Waals surface area contributed by atoms with Crippen molar-refractivity contribution >= 4 is 15.7 Å². The summed E-state index contributed by atoms with van der Waals surface area (Å²) in [6.45, 7) is 8.19. The molecule has 1 saturated heterocycles. The van der Waals surface area contributed by atoms with Crippen LogP contribution in [-0.2, 0) is 10.0 Å². The minimum atomic E-state index is -3.28. The summed E-state index contributed by atoms with van der Waals surface area (Å²) in [5.74, 6) is 0. The minimum absolute atomic E-state index is 0.113. The van der Waals surface area contributed by atoms with Gasteiger partial charge in [-0.05, 0) is 58.8 Å². The minimum Gasteiger partial charge on any atom is -0.298 e. The van der Waals surface area contributed by atoms with Crippen molar-refractivity contribution in [2.75, 3.05) is 17.8 Å². The zero-order chi connectivity index (χ0) is 14.8. The third-order valence-corrected chi connectivity index (χ3v) is 5.73. The highest BCUT2D eigenvalue weighted by Crippen LogP contribution is 2.25. The quantitative estimate of drug-likeness (QED) is 0.933. The van der Waals surface area contributed by atoms with E-state index in [1.165, 1.54) is 0 Å². The molecule has 0 radical (unpaired) electrons. The fourth-order valence-corrected chi connectivity index (χ4v) is 4.05. The zero-order valence-electron chi connectivity index (χ0n) is 12.5. The second kappa shape index (κ2) is 5.74. The van der Waals surface area contributed by atoms with Crippen molar-refractivity contribution in [3.05, 3.63) is 30.3 Å². The molecule has 0 saturated carbocycles. The number of likely N-dealkylation sites (tertiary alicyclic amines) is 1. The summed E-state index contributed by atoms with van der Waals surface area (Å²) in [6.07, 6.45) is 1.39. The molecule has 0 amide bonds. The van der Waals surface area contributed by atoms with E-state index in [2.05, 4.69) is 30.4 Å². The molecule has 1 fully saturated rings. The van der Waals surface area contributed by atoms with Crippen molar-refractivity contribution < 1.29 is 8.42 Å². The Kier molecular flexibility index (Phi) is 4.39. The lowest BCUT2D eigenvalue weighted by Crippen LogP contribution is -2.49. The molecule has 20 heavy (non-hydrogen) atoms. The van der Waals surface area contributed by atoms with Gasteiger partial charge in [0.1, 0.15) is 0 Å². The number of benzene rings is 1. The molecule has 0 unspecified atom stereocenters. The first-order valence-electron chi connectivity index (χ1n) is 7.11. The summed E-state index contributed by atoms with van der Waals surface area (Å²) < 4.78 is 27.5. The standard InChI is InChI=1S/C15H24N2O2S/c1-15(2,3)17-11-9-14(10-12-17)20(18,19)16-13-7-5-4-6-8-13/h4-8,14,16H,9-12H2,1-3H3. The number of sulfonamides is 1. The van der Waals surface area contributed by atoms with Gasteiger partial charge in [-0.2, -0.15) is 0 Å². The highest BCUT2D eigenvalue weighted by atomic mass is 32.2. The number of nitrogens with zero attached hydrogens (tertiary/aromatic N) is 1. The first-order chi connectivity index (χ1) is 9.29. The number of anilines is 1. The maximum absolute atomic E-state index is 12.4. The van der Waals surface area contributed by atoms with Crippen LogP contribution in [0.25, 0.3) is 0 Å². The lowest BCUT2D eigenvalue weighted by molar-refractivity contribution is 0.112. The number of para-hydroxylation sites is 1. The Morgan fingerprint density at radius 2 is 1.65 bits per heavy atom. The zero-order valence-corrected chi connectivity index (χ0v) is 13.3. The molecule has 0 spiro atoms. The molecule has 5 heteroatoms. The largest absolute Gasteiger partial charge is 0.298 e. The van der Waals surface area contributed by atoms with Crippen LogP contribution in [0.3, 0.4) is 0 Å². The van der Waals surface area contributed by atoms with Gasteiger partial charge in [-0.1, -0.05) is 18.2 Å². The van der Waals surface area contributed by atoms with Gasteiger partial charge >= 0.3 is 0 Å². The lowest BCUT2D eigenvalue weighted by atomic mass is 10.0. The molecular weight excluding hydrogens is 272 g/mol. The Labute approximate surface area is 122 Å². The summed E-state index contributed by atoms with van der Waals surface area (Å²) in [5, 5.41) is -0.290. The Bertz CT molecular complexity index is 527. The summed E-state index contributed by atoms with van der Waals surface area (Å²) in [4.78, 5) is 2.35. The molecular formula is C15H24N2O2S. The average Bonchev–Trinajstić information content (AvgIpc) is 2.38. The number of hydrogen-bond donors (Lipinski definition) is 1. The third kappa shape index (κ3) is 3.73. The summed E-state index contributed by atoms with van der Waals surface area (Å²) in [7, 11) is -3.28. The predicted molar refractivity (Wildman–Crippen MR) is 83.3 cm³/mol. The maximum Gasteiger partial charge on any atom is 0.235 e. The van der Waals surface area contributed by atoms with E-state index in [1.807, 2.05) is 18.2 Å². The van der Waals surface area contributed by atoms with Gasteiger partial charge in [-0.3, -0.25) is 9.62 Å². The molecule has 1 aliphatic rings. The fraction of sp³-hybridized carbons (Fsp3) is 0.600. The van der Waals surface area contributed by atoms with Gasteiger partial charge in [-0.15, -0.1) is 0 Å². The number of rotatable bonds is 3. The van der Waals surface area contributed by atoms with Crippen molar-refractivity contribution in [3.8, 4) is 0 Å². The van der Waals surface area contributed by atoms with E-state index >= 15 is 0 Å². The van der Waals surface area contributed by atoms with Crippen LogP contribution in [0.1, 0.15) is 33.6 Å². The number of piperidine rings is 1. The Hall–Kier alpha value is -1.07. The van der Waals surface area contributed by atoms with Crippen LogP contribution in [-0.4, -0.2) is 37.2 Å². The monoisotopic (exact) mass is 296 g/mol. The van der Waals surface area contributed by atoms with Crippen LogP contribution >= 0.6 is 0 Å². The molecule has 1 aliphatic heterocycles. The van der Waals surface area contributed by atoms with Crippen LogP contribution in [0.2, 0.25) is 0 Å². The van der Waals surface area contributed by atoms with Gasteiger partial charge in [0, 0.05) is 11.2 Å². The van der Waals surface area contributed by atoms with Crippen molar-refractivity contribution in [1.29, 1.82) is 0 Å². The van der Waals surface area contributed by atoms with E-state index in [1.54, 1.807) is 12.1 Å². The van der Waals surface area contributed by atoms with Crippen LogP contribution in [0.4, 0.5) is 5.69 Å². The van der Waals surface area contributed by atoms with E-state index in [9.17, 15) is 8.42 Å². The van der Waals surface area contributed by atoms with Crippen LogP contribution in [0.5, 0.6) is 0 Å². The molecule has 1 N–H and O–H groups in total. The molecule has 112 valence electrons. The summed E-state index contributed by atoms with van der Waals surface area (Å²) in [5.41, 5.74) is 0.757. The van der Waals surface area contributed by atoms with E-state index in [4.69, 9.17) is 0 Å². The van der Waals surface area contributed by atoms with Crippen LogP contribution < -0.4 is 4.72 Å². The molecule has 1 heterocycles. The first kappa shape index (κ1) is 15.3. The van der Waals surface area contributed by atoms with Gasteiger partial charge in [-0.25, -0.2) is 8.42 Å². The van der Waals surface area contributed by atoms with Crippen molar-refractivity contribution in [2.45, 2.75) is 44.4 Å².